The van der Waals surface area contributed by atoms with Gasteiger partial charge < -0.3 is 25.1 Å². The third-order valence-electron chi connectivity index (χ3n) is 9.44. The first kappa shape index (κ1) is 52.1. The summed E-state index contributed by atoms with van der Waals surface area (Å²) < 4.78 is 96.6. The number of hydrogen-bond donors (Lipinski definition) is 5. The van der Waals surface area contributed by atoms with Crippen LogP contribution in [0.1, 0.15) is 69.4 Å². The zero-order valence-electron chi connectivity index (χ0n) is 36.4. The summed E-state index contributed by atoms with van der Waals surface area (Å²) in [6.07, 6.45) is -7.87. The Morgan fingerprint density at radius 1 is 0.731 bits per heavy atom. The number of anilines is 3. The molecule has 6 rings (SSSR count). The number of para-hydroxylation sites is 1. The molecule has 0 aliphatic rings. The topological polar surface area (TPSA) is 285 Å². The molecule has 0 saturated carbocycles. The van der Waals surface area contributed by atoms with Crippen LogP contribution in [0, 0.1) is 13.8 Å². The molecule has 0 spiro atoms. The second kappa shape index (κ2) is 20.8. The number of unbranched alkanes of at least 4 members (excludes halogenated alkanes) is 1. The minimum absolute atomic E-state index is 0.253. The quantitative estimate of drug-likeness (QED) is 0.0696. The first-order valence-electron chi connectivity index (χ1n) is 19.6. The molecule has 0 unspecified atom stereocenters. The number of carboxylic acid groups (broad SMARTS) is 2. The predicted octanol–water partition coefficient (Wildman–Crippen LogP) is 5.18. The highest BCUT2D eigenvalue weighted by Gasteiger charge is 2.39. The number of benzene rings is 2. The van der Waals surface area contributed by atoms with E-state index >= 15 is 0 Å². The Morgan fingerprint density at radius 3 is 1.60 bits per heavy atom. The number of halogens is 6. The molecule has 4 aromatic heterocycles. The average Bonchev–Trinajstić information content (AvgIpc) is 4.00. The second-order valence-electron chi connectivity index (χ2n) is 14.3. The number of rotatable bonds is 14. The van der Waals surface area contributed by atoms with Crippen LogP contribution in [0.25, 0.3) is 22.1 Å². The molecular formula is C39H44F6N12O9S. The first-order chi connectivity index (χ1) is 31.1. The molecule has 0 radical (unpaired) electrons. The SMILES string of the molecule is CCn1nc(C)cc1C(=O)Nc1nc2cc(C(N)=O)ccc2n1CCCCn1c(NC(=O)c2cc(C)nn2CC)nc2c(N(C)S(C)(=O)=O)cccc21.O=C(O)C(F)(F)F.O=C(O)C(F)(F)F. The minimum atomic E-state index is -5.08. The summed E-state index contributed by atoms with van der Waals surface area (Å²) in [5.41, 5.74) is 10.6. The van der Waals surface area contributed by atoms with Gasteiger partial charge in [-0.25, -0.2) is 28.0 Å². The summed E-state index contributed by atoms with van der Waals surface area (Å²) in [6, 6.07) is 13.6. The van der Waals surface area contributed by atoms with E-state index in [1.165, 1.54) is 7.05 Å². The number of fused-ring (bicyclic) bond motifs is 2. The summed E-state index contributed by atoms with van der Waals surface area (Å²) in [5.74, 6) is -6.33. The molecule has 0 aliphatic carbocycles. The maximum atomic E-state index is 13.5. The molecule has 0 atom stereocenters. The van der Waals surface area contributed by atoms with Gasteiger partial charge in [-0.3, -0.25) is 38.7 Å². The van der Waals surface area contributed by atoms with Crippen LogP contribution in [0.15, 0.2) is 48.5 Å². The van der Waals surface area contributed by atoms with Crippen LogP contribution in [-0.4, -0.2) is 113 Å². The van der Waals surface area contributed by atoms with Crippen LogP contribution in [0.2, 0.25) is 0 Å². The van der Waals surface area contributed by atoms with Crippen molar-refractivity contribution in [3.8, 4) is 0 Å². The van der Waals surface area contributed by atoms with Crippen molar-refractivity contribution in [1.29, 1.82) is 0 Å². The van der Waals surface area contributed by atoms with Crippen LogP contribution in [-0.2, 0) is 45.8 Å². The predicted molar refractivity (Wildman–Crippen MR) is 229 cm³/mol. The molecule has 67 heavy (non-hydrogen) atoms. The molecule has 362 valence electrons. The van der Waals surface area contributed by atoms with Crippen molar-refractivity contribution < 1.29 is 68.9 Å². The maximum Gasteiger partial charge on any atom is 0.490 e. The Bertz CT molecular complexity index is 2910. The number of imidazole rings is 2. The van der Waals surface area contributed by atoms with Crippen molar-refractivity contribution in [2.24, 2.45) is 5.73 Å². The Kier molecular flexibility index (Phi) is 16.1. The number of sulfonamides is 1. The lowest BCUT2D eigenvalue weighted by atomic mass is 10.2. The summed E-state index contributed by atoms with van der Waals surface area (Å²) in [4.78, 5) is 66.1. The van der Waals surface area contributed by atoms with Gasteiger partial charge in [0.25, 0.3) is 11.8 Å². The highest BCUT2D eigenvalue weighted by Crippen LogP contribution is 2.31. The van der Waals surface area contributed by atoms with Gasteiger partial charge in [0.2, 0.25) is 27.8 Å². The lowest BCUT2D eigenvalue weighted by Gasteiger charge is -2.17. The fourth-order valence-electron chi connectivity index (χ4n) is 6.30. The van der Waals surface area contributed by atoms with Gasteiger partial charge in [0.1, 0.15) is 16.9 Å². The number of primary amides is 1. The van der Waals surface area contributed by atoms with Crippen molar-refractivity contribution >= 4 is 79.3 Å². The van der Waals surface area contributed by atoms with Gasteiger partial charge >= 0.3 is 24.3 Å². The molecular weight excluding hydrogens is 927 g/mol. The second-order valence-corrected chi connectivity index (χ2v) is 16.3. The average molecular weight is 971 g/mol. The Hall–Kier alpha value is -7.52. The number of aryl methyl sites for hydroxylation is 6. The van der Waals surface area contributed by atoms with Gasteiger partial charge in [-0.1, -0.05) is 6.07 Å². The summed E-state index contributed by atoms with van der Waals surface area (Å²) >= 11 is 0. The van der Waals surface area contributed by atoms with Crippen LogP contribution >= 0.6 is 0 Å². The molecule has 0 aliphatic heterocycles. The van der Waals surface area contributed by atoms with E-state index in [4.69, 9.17) is 30.5 Å². The van der Waals surface area contributed by atoms with E-state index in [9.17, 15) is 49.1 Å². The van der Waals surface area contributed by atoms with Crippen molar-refractivity contribution in [2.45, 2.75) is 79.1 Å². The highest BCUT2D eigenvalue weighted by molar-refractivity contribution is 7.92. The van der Waals surface area contributed by atoms with Gasteiger partial charge in [0, 0.05) is 38.8 Å². The smallest absolute Gasteiger partial charge is 0.475 e. The lowest BCUT2D eigenvalue weighted by molar-refractivity contribution is -0.193. The summed E-state index contributed by atoms with van der Waals surface area (Å²) in [7, 11) is -2.15. The third-order valence-corrected chi connectivity index (χ3v) is 10.6. The fourth-order valence-corrected chi connectivity index (χ4v) is 6.81. The van der Waals surface area contributed by atoms with Crippen molar-refractivity contribution in [3.63, 3.8) is 0 Å². The number of alkyl halides is 6. The van der Waals surface area contributed by atoms with Crippen LogP contribution < -0.4 is 20.7 Å². The molecule has 0 bridgehead atoms. The molecule has 6 aromatic rings. The zero-order valence-corrected chi connectivity index (χ0v) is 37.2. The van der Waals surface area contributed by atoms with E-state index in [2.05, 4.69) is 25.8 Å². The molecule has 28 heteroatoms. The molecule has 0 saturated heterocycles. The van der Waals surface area contributed by atoms with E-state index in [-0.39, 0.29) is 11.9 Å². The van der Waals surface area contributed by atoms with Gasteiger partial charge in [-0.05, 0) is 83.0 Å². The number of nitrogens with two attached hydrogens (primary N) is 1. The van der Waals surface area contributed by atoms with Crippen LogP contribution in [0.4, 0.5) is 43.9 Å². The lowest BCUT2D eigenvalue weighted by Crippen LogP contribution is -2.25. The van der Waals surface area contributed by atoms with E-state index in [0.717, 1.165) is 10.6 Å². The third kappa shape index (κ3) is 12.9. The molecule has 0 fully saturated rings. The van der Waals surface area contributed by atoms with Crippen molar-refractivity contribution in [1.82, 2.24) is 38.7 Å². The number of nitrogens with zero attached hydrogens (tertiary/aromatic N) is 9. The largest absolute Gasteiger partial charge is 0.490 e. The summed E-state index contributed by atoms with van der Waals surface area (Å²) in [6.45, 7) is 9.25. The Labute approximate surface area is 376 Å². The van der Waals surface area contributed by atoms with E-state index < -0.39 is 46.1 Å². The number of carboxylic acids is 2. The number of aliphatic carboxylic acids is 2. The molecule has 3 amide bonds. The van der Waals surface area contributed by atoms with Crippen LogP contribution in [0.3, 0.4) is 0 Å². The van der Waals surface area contributed by atoms with Gasteiger partial charge in [0.15, 0.2) is 0 Å². The van der Waals surface area contributed by atoms with Gasteiger partial charge in [-0.2, -0.15) is 36.5 Å². The fraction of sp³-hybridized carbons (Fsp3) is 0.359. The zero-order chi connectivity index (χ0) is 50.3. The highest BCUT2D eigenvalue weighted by atomic mass is 32.2. The molecule has 2 aromatic carbocycles. The molecule has 4 heterocycles. The minimum Gasteiger partial charge on any atom is -0.475 e. The van der Waals surface area contributed by atoms with E-state index in [1.807, 2.05) is 42.9 Å². The number of aromatic nitrogens is 8. The van der Waals surface area contributed by atoms with Crippen LogP contribution in [0.5, 0.6) is 0 Å². The van der Waals surface area contributed by atoms with Crippen molar-refractivity contribution in [3.05, 3.63) is 76.9 Å². The van der Waals surface area contributed by atoms with E-state index in [1.54, 1.807) is 51.8 Å². The van der Waals surface area contributed by atoms with E-state index in [0.29, 0.717) is 101 Å². The van der Waals surface area contributed by atoms with Gasteiger partial charge in [0.05, 0.1) is 39.9 Å². The number of carbonyl (C=O) groups is 5. The van der Waals surface area contributed by atoms with Crippen molar-refractivity contribution in [2.75, 3.05) is 28.2 Å². The first-order valence-corrected chi connectivity index (χ1v) is 21.5. The van der Waals surface area contributed by atoms with Gasteiger partial charge in [-0.15, -0.1) is 0 Å². The number of carbonyl (C=O) groups excluding carboxylic acids is 3. The Balaban J connectivity index is 0.000000608. The maximum absolute atomic E-state index is 13.5. The molecule has 21 nitrogen and oxygen atoms in total. The normalized spacial score (nSPS) is 11.6. The number of hydrogen-bond acceptors (Lipinski definition) is 11. The number of amides is 3. The summed E-state index contributed by atoms with van der Waals surface area (Å²) in [5, 5.41) is 28.9. The number of nitrogens with one attached hydrogen (secondary N) is 2. The molecule has 6 N–H and O–H groups in total. The standard InChI is InChI=1S/C35H42N12O5S.2C2HF3O2/c1-7-46-28(18-21(3)41-46)32(49)39-34-37-24-20-23(31(36)48)14-15-25(24)44(34)16-9-10-17-45-27-13-11-12-26(43(5)53(6,51)52)30(27)38-35(45)40-33(50)29-19-22(4)42-47(29)8-2;2*3-2(4,5)1(6)7/h11-15,18-20H,7-10,16-17H2,1-6H3,(H2,36,48)(H,37,39,49)(H,38,40,50);2*(H,6,7). The Morgan fingerprint density at radius 2 is 1.18 bits per heavy atom. The monoisotopic (exact) mass is 970 g/mol.